The standard InChI is InChI=1S/C13H10F4N2O/c1-13(2)4-3-5-18-12(20)6-7(14)8(15)9(16)10(17)11(6)19(5)13/h3-4H2,1-2H3. The molecule has 7 heteroatoms. The van der Waals surface area contributed by atoms with Gasteiger partial charge in [0.05, 0.1) is 5.52 Å². The van der Waals surface area contributed by atoms with Crippen LogP contribution in [0.1, 0.15) is 26.1 Å². The molecule has 0 radical (unpaired) electrons. The van der Waals surface area contributed by atoms with E-state index in [1.807, 2.05) is 0 Å². The number of nitrogens with zero attached hydrogens (tertiary/aromatic N) is 2. The van der Waals surface area contributed by atoms with Crippen LogP contribution in [0.25, 0.3) is 10.9 Å². The first-order valence-corrected chi connectivity index (χ1v) is 6.04. The number of fused-ring (bicyclic) bond motifs is 3. The third-order valence-corrected chi connectivity index (χ3v) is 3.73. The number of hydrogen-bond acceptors (Lipinski definition) is 2. The molecular formula is C13H10F4N2O. The zero-order valence-electron chi connectivity index (χ0n) is 10.7. The Kier molecular flexibility index (Phi) is 2.49. The van der Waals surface area contributed by atoms with E-state index < -0.39 is 45.3 Å². The molecule has 106 valence electrons. The average Bonchev–Trinajstić information content (AvgIpc) is 2.68. The Morgan fingerprint density at radius 3 is 2.30 bits per heavy atom. The first-order valence-electron chi connectivity index (χ1n) is 6.04. The quantitative estimate of drug-likeness (QED) is 0.424. The van der Waals surface area contributed by atoms with Crippen molar-refractivity contribution < 1.29 is 17.6 Å². The molecule has 3 rings (SSSR count). The maximum atomic E-state index is 14.0. The van der Waals surface area contributed by atoms with Gasteiger partial charge in [-0.15, -0.1) is 0 Å². The van der Waals surface area contributed by atoms with E-state index in [2.05, 4.69) is 4.98 Å². The van der Waals surface area contributed by atoms with E-state index in [4.69, 9.17) is 0 Å². The maximum Gasteiger partial charge on any atom is 0.284 e. The SMILES string of the molecule is CC1(C)CCc2nc(=O)c3c(F)c(F)c(F)c(F)c3n21. The van der Waals surface area contributed by atoms with Crippen molar-refractivity contribution in [2.24, 2.45) is 0 Å². The minimum atomic E-state index is -2.00. The summed E-state index contributed by atoms with van der Waals surface area (Å²) in [5.41, 5.74) is -2.30. The van der Waals surface area contributed by atoms with Gasteiger partial charge in [-0.1, -0.05) is 0 Å². The smallest absolute Gasteiger partial charge is 0.284 e. The number of aromatic nitrogens is 2. The van der Waals surface area contributed by atoms with Gasteiger partial charge in [0.1, 0.15) is 11.2 Å². The lowest BCUT2D eigenvalue weighted by molar-refractivity contribution is 0.372. The van der Waals surface area contributed by atoms with Gasteiger partial charge in [0.25, 0.3) is 5.56 Å². The molecule has 1 aromatic heterocycles. The third-order valence-electron chi connectivity index (χ3n) is 3.73. The highest BCUT2D eigenvalue weighted by Crippen LogP contribution is 2.35. The van der Waals surface area contributed by atoms with Crippen LogP contribution in [0.15, 0.2) is 4.79 Å². The predicted molar refractivity (Wildman–Crippen MR) is 63.5 cm³/mol. The van der Waals surface area contributed by atoms with Crippen LogP contribution in [0.4, 0.5) is 17.6 Å². The molecule has 0 N–H and O–H groups in total. The molecule has 0 unspecified atom stereocenters. The lowest BCUT2D eigenvalue weighted by atomic mass is 10.0. The van der Waals surface area contributed by atoms with Crippen LogP contribution >= 0.6 is 0 Å². The van der Waals surface area contributed by atoms with Crippen molar-refractivity contribution in [3.05, 3.63) is 39.4 Å². The Bertz CT molecular complexity index is 811. The Morgan fingerprint density at radius 1 is 1.05 bits per heavy atom. The normalized spacial score (nSPS) is 16.7. The molecule has 1 aromatic carbocycles. The van der Waals surface area contributed by atoms with Crippen LogP contribution in [0.5, 0.6) is 0 Å². The fourth-order valence-corrected chi connectivity index (χ4v) is 2.73. The van der Waals surface area contributed by atoms with E-state index in [-0.39, 0.29) is 5.82 Å². The molecule has 20 heavy (non-hydrogen) atoms. The van der Waals surface area contributed by atoms with Gasteiger partial charge in [0.15, 0.2) is 23.3 Å². The van der Waals surface area contributed by atoms with Gasteiger partial charge in [-0.05, 0) is 20.3 Å². The van der Waals surface area contributed by atoms with Gasteiger partial charge in [-0.25, -0.2) is 17.6 Å². The Morgan fingerprint density at radius 2 is 1.65 bits per heavy atom. The minimum Gasteiger partial charge on any atom is -0.321 e. The molecule has 3 nitrogen and oxygen atoms in total. The van der Waals surface area contributed by atoms with Crippen molar-refractivity contribution in [1.82, 2.24) is 9.55 Å². The van der Waals surface area contributed by atoms with Gasteiger partial charge >= 0.3 is 0 Å². The first-order chi connectivity index (χ1) is 9.25. The zero-order chi connectivity index (χ0) is 14.8. The first kappa shape index (κ1) is 13.1. The Balaban J connectivity index is 2.65. The van der Waals surface area contributed by atoms with Crippen molar-refractivity contribution >= 4 is 10.9 Å². The van der Waals surface area contributed by atoms with Crippen LogP contribution in [0, 0.1) is 23.3 Å². The summed E-state index contributed by atoms with van der Waals surface area (Å²) in [6.45, 7) is 3.46. The van der Waals surface area contributed by atoms with Gasteiger partial charge in [-0.2, -0.15) is 4.98 Å². The molecule has 0 aliphatic carbocycles. The molecule has 1 aliphatic rings. The molecule has 0 saturated heterocycles. The summed E-state index contributed by atoms with van der Waals surface area (Å²) < 4.78 is 55.8. The van der Waals surface area contributed by atoms with Crippen LogP contribution in [-0.4, -0.2) is 9.55 Å². The second-order valence-corrected chi connectivity index (χ2v) is 5.46. The second kappa shape index (κ2) is 3.80. The number of aryl methyl sites for hydroxylation is 1. The molecule has 0 bridgehead atoms. The van der Waals surface area contributed by atoms with Gasteiger partial charge < -0.3 is 4.57 Å². The number of halogens is 4. The number of benzene rings is 1. The summed E-state index contributed by atoms with van der Waals surface area (Å²) in [5, 5.41) is -0.847. The predicted octanol–water partition coefficient (Wildman–Crippen LogP) is 2.63. The van der Waals surface area contributed by atoms with E-state index in [1.165, 1.54) is 4.57 Å². The van der Waals surface area contributed by atoms with Crippen LogP contribution < -0.4 is 5.56 Å². The number of hydrogen-bond donors (Lipinski definition) is 0. The van der Waals surface area contributed by atoms with Crippen molar-refractivity contribution in [3.8, 4) is 0 Å². The van der Waals surface area contributed by atoms with Crippen LogP contribution in [-0.2, 0) is 12.0 Å². The summed E-state index contributed by atoms with van der Waals surface area (Å²) in [4.78, 5) is 15.4. The molecule has 0 spiro atoms. The number of rotatable bonds is 0. The average molecular weight is 286 g/mol. The molecule has 0 fully saturated rings. The summed E-state index contributed by atoms with van der Waals surface area (Å²) in [5.74, 6) is -6.93. The molecule has 2 aromatic rings. The lowest BCUT2D eigenvalue weighted by Gasteiger charge is -2.24. The van der Waals surface area contributed by atoms with E-state index in [9.17, 15) is 22.4 Å². The Labute approximate surface area is 110 Å². The largest absolute Gasteiger partial charge is 0.321 e. The van der Waals surface area contributed by atoms with E-state index in [1.54, 1.807) is 13.8 Å². The monoisotopic (exact) mass is 286 g/mol. The minimum absolute atomic E-state index is 0.247. The summed E-state index contributed by atoms with van der Waals surface area (Å²) in [6.07, 6.45) is 0.927. The third kappa shape index (κ3) is 1.46. The second-order valence-electron chi connectivity index (χ2n) is 5.46. The topological polar surface area (TPSA) is 34.9 Å². The summed E-state index contributed by atoms with van der Waals surface area (Å²) in [7, 11) is 0. The van der Waals surface area contributed by atoms with Gasteiger partial charge in [-0.3, -0.25) is 4.79 Å². The van der Waals surface area contributed by atoms with E-state index in [0.29, 0.717) is 12.8 Å². The molecule has 0 atom stereocenters. The molecular weight excluding hydrogens is 276 g/mol. The highest BCUT2D eigenvalue weighted by Gasteiger charge is 2.35. The highest BCUT2D eigenvalue weighted by molar-refractivity contribution is 5.80. The van der Waals surface area contributed by atoms with Crippen molar-refractivity contribution in [1.29, 1.82) is 0 Å². The molecule has 1 aliphatic heterocycles. The fraction of sp³-hybridized carbons (Fsp3) is 0.385. The van der Waals surface area contributed by atoms with E-state index >= 15 is 0 Å². The van der Waals surface area contributed by atoms with Crippen molar-refractivity contribution in [2.75, 3.05) is 0 Å². The van der Waals surface area contributed by atoms with Crippen molar-refractivity contribution in [3.63, 3.8) is 0 Å². The van der Waals surface area contributed by atoms with Gasteiger partial charge in [0, 0.05) is 12.0 Å². The van der Waals surface area contributed by atoms with E-state index in [0.717, 1.165) is 0 Å². The zero-order valence-corrected chi connectivity index (χ0v) is 10.7. The van der Waals surface area contributed by atoms with Crippen LogP contribution in [0.2, 0.25) is 0 Å². The maximum absolute atomic E-state index is 14.0. The fourth-order valence-electron chi connectivity index (χ4n) is 2.73. The van der Waals surface area contributed by atoms with Crippen molar-refractivity contribution in [2.45, 2.75) is 32.2 Å². The molecule has 0 amide bonds. The molecule has 2 heterocycles. The Hall–Kier alpha value is -1.92. The summed E-state index contributed by atoms with van der Waals surface area (Å²) in [6, 6.07) is 0. The summed E-state index contributed by atoms with van der Waals surface area (Å²) >= 11 is 0. The van der Waals surface area contributed by atoms with Gasteiger partial charge in [0.2, 0.25) is 0 Å². The van der Waals surface area contributed by atoms with Crippen LogP contribution in [0.3, 0.4) is 0 Å². The highest BCUT2D eigenvalue weighted by atomic mass is 19.2. The lowest BCUT2D eigenvalue weighted by Crippen LogP contribution is -2.27. The molecule has 0 saturated carbocycles.